The second-order valence-electron chi connectivity index (χ2n) is 6.30. The third-order valence-corrected chi connectivity index (χ3v) is 5.59. The van der Waals surface area contributed by atoms with Crippen LogP contribution < -0.4 is 11.1 Å². The fourth-order valence-electron chi connectivity index (χ4n) is 1.68. The molecule has 0 saturated carbocycles. The van der Waals surface area contributed by atoms with E-state index in [9.17, 15) is 13.2 Å². The van der Waals surface area contributed by atoms with Gasteiger partial charge in [0.15, 0.2) is 9.84 Å². The van der Waals surface area contributed by atoms with Crippen LogP contribution in [0, 0.1) is 0 Å². The molecule has 1 unspecified atom stereocenters. The Morgan fingerprint density at radius 1 is 1.32 bits per heavy atom. The molecule has 5 nitrogen and oxygen atoms in total. The number of halogens is 1. The Bertz CT molecular complexity index is 607. The highest BCUT2D eigenvalue weighted by Gasteiger charge is 2.28. The number of carbonyl (C=O) groups is 1. The molecular formula is C15H25ClN2O3S. The molecule has 1 aromatic rings. The maximum Gasteiger partial charge on any atom is 0.225 e. The minimum absolute atomic E-state index is 0. The molecule has 0 aliphatic heterocycles. The predicted molar refractivity (Wildman–Crippen MR) is 93.0 cm³/mol. The lowest BCUT2D eigenvalue weighted by molar-refractivity contribution is -0.116. The van der Waals surface area contributed by atoms with Crippen LogP contribution in [0.15, 0.2) is 24.3 Å². The Morgan fingerprint density at radius 2 is 1.91 bits per heavy atom. The Morgan fingerprint density at radius 3 is 2.41 bits per heavy atom. The third kappa shape index (κ3) is 6.34. The van der Waals surface area contributed by atoms with Crippen molar-refractivity contribution in [2.24, 2.45) is 5.73 Å². The summed E-state index contributed by atoms with van der Waals surface area (Å²) in [5.74, 6) is -0.228. The van der Waals surface area contributed by atoms with Crippen LogP contribution in [0.25, 0.3) is 0 Å². The van der Waals surface area contributed by atoms with Gasteiger partial charge in [-0.3, -0.25) is 4.79 Å². The molecule has 0 heterocycles. The summed E-state index contributed by atoms with van der Waals surface area (Å²) in [6.45, 7) is 6.79. The molecule has 126 valence electrons. The van der Waals surface area contributed by atoms with Crippen LogP contribution in [-0.2, 0) is 20.4 Å². The van der Waals surface area contributed by atoms with Crippen LogP contribution >= 0.6 is 12.4 Å². The summed E-state index contributed by atoms with van der Waals surface area (Å²) in [7, 11) is -3.25. The van der Waals surface area contributed by atoms with Crippen molar-refractivity contribution in [3.8, 4) is 0 Å². The molecule has 7 heteroatoms. The molecule has 3 N–H and O–H groups in total. The molecule has 1 rings (SSSR count). The van der Waals surface area contributed by atoms with Gasteiger partial charge >= 0.3 is 0 Å². The first-order chi connectivity index (χ1) is 9.51. The molecule has 1 aromatic carbocycles. The lowest BCUT2D eigenvalue weighted by atomic mass is 10.2. The van der Waals surface area contributed by atoms with Crippen LogP contribution in [0.2, 0.25) is 0 Å². The van der Waals surface area contributed by atoms with Crippen molar-refractivity contribution in [2.45, 2.75) is 50.7 Å². The molecule has 0 aliphatic carbocycles. The van der Waals surface area contributed by atoms with Crippen molar-refractivity contribution in [1.29, 1.82) is 0 Å². The lowest BCUT2D eigenvalue weighted by Gasteiger charge is -2.19. The maximum absolute atomic E-state index is 12.2. The average molecular weight is 349 g/mol. The highest BCUT2D eigenvalue weighted by Crippen LogP contribution is 2.22. The molecule has 0 aromatic heterocycles. The summed E-state index contributed by atoms with van der Waals surface area (Å²) in [6.07, 6.45) is 0.227. The number of sulfone groups is 1. The molecule has 0 spiro atoms. The van der Waals surface area contributed by atoms with Crippen molar-refractivity contribution >= 4 is 33.8 Å². The number of rotatable bonds is 5. The van der Waals surface area contributed by atoms with Gasteiger partial charge in [-0.05, 0) is 45.4 Å². The van der Waals surface area contributed by atoms with E-state index in [2.05, 4.69) is 5.32 Å². The van der Waals surface area contributed by atoms with Gasteiger partial charge in [-0.1, -0.05) is 12.1 Å². The van der Waals surface area contributed by atoms with E-state index in [0.717, 1.165) is 0 Å². The van der Waals surface area contributed by atoms with Gasteiger partial charge in [-0.25, -0.2) is 8.42 Å². The number of amides is 1. The molecule has 22 heavy (non-hydrogen) atoms. The summed E-state index contributed by atoms with van der Waals surface area (Å²) in [6, 6.07) is 6.67. The predicted octanol–water partition coefficient (Wildman–Crippen LogP) is 2.50. The summed E-state index contributed by atoms with van der Waals surface area (Å²) in [5.41, 5.74) is 6.81. The van der Waals surface area contributed by atoms with E-state index in [4.69, 9.17) is 5.73 Å². The van der Waals surface area contributed by atoms with Gasteiger partial charge in [0.05, 0.1) is 10.5 Å². The first-order valence-electron chi connectivity index (χ1n) is 6.88. The monoisotopic (exact) mass is 348 g/mol. The van der Waals surface area contributed by atoms with Crippen molar-refractivity contribution in [1.82, 2.24) is 0 Å². The number of carbonyl (C=O) groups excluding carboxylic acids is 1. The summed E-state index contributed by atoms with van der Waals surface area (Å²) in [5, 5.41) is 2.72. The standard InChI is InChI=1S/C15H24N2O3S.ClH/c1-11(16)8-14(18)17-13-7-5-6-12(9-13)10-21(19,20)15(2,3)4;/h5-7,9,11H,8,10,16H2,1-4H3,(H,17,18);1H. The second-order valence-corrected chi connectivity index (χ2v) is 9.04. The van der Waals surface area contributed by atoms with Gasteiger partial charge in [0.25, 0.3) is 0 Å². The molecule has 1 amide bonds. The van der Waals surface area contributed by atoms with Crippen LogP contribution in [0.3, 0.4) is 0 Å². The number of anilines is 1. The number of nitrogens with one attached hydrogen (secondary N) is 1. The minimum atomic E-state index is -3.25. The van der Waals surface area contributed by atoms with Crippen LogP contribution in [0.4, 0.5) is 5.69 Å². The SMILES string of the molecule is CC(N)CC(=O)Nc1cccc(CS(=O)(=O)C(C)(C)C)c1.Cl. The molecule has 0 fully saturated rings. The van der Waals surface area contributed by atoms with Gasteiger partial charge in [-0.15, -0.1) is 12.4 Å². The van der Waals surface area contributed by atoms with Crippen molar-refractivity contribution in [2.75, 3.05) is 5.32 Å². The van der Waals surface area contributed by atoms with Gasteiger partial charge < -0.3 is 11.1 Å². The van der Waals surface area contributed by atoms with E-state index in [1.165, 1.54) is 0 Å². The number of benzene rings is 1. The van der Waals surface area contributed by atoms with E-state index in [0.29, 0.717) is 11.3 Å². The fraction of sp³-hybridized carbons (Fsp3) is 0.533. The van der Waals surface area contributed by atoms with E-state index >= 15 is 0 Å². The van der Waals surface area contributed by atoms with E-state index < -0.39 is 14.6 Å². The van der Waals surface area contributed by atoms with Crippen LogP contribution in [0.1, 0.15) is 39.7 Å². The third-order valence-electron chi connectivity index (χ3n) is 3.01. The Labute approximate surface area is 139 Å². The first kappa shape index (κ1) is 20.9. The quantitative estimate of drug-likeness (QED) is 0.855. The van der Waals surface area contributed by atoms with Gasteiger partial charge in [0, 0.05) is 18.2 Å². The number of nitrogens with two attached hydrogens (primary N) is 1. The molecule has 0 radical (unpaired) electrons. The molecule has 1 atom stereocenters. The first-order valence-corrected chi connectivity index (χ1v) is 8.53. The highest BCUT2D eigenvalue weighted by molar-refractivity contribution is 7.91. The zero-order valence-corrected chi connectivity index (χ0v) is 15.1. The lowest BCUT2D eigenvalue weighted by Crippen LogP contribution is -2.29. The summed E-state index contributed by atoms with van der Waals surface area (Å²) in [4.78, 5) is 11.7. The fourth-order valence-corrected chi connectivity index (χ4v) is 2.73. The maximum atomic E-state index is 12.2. The zero-order chi connectivity index (χ0) is 16.3. The summed E-state index contributed by atoms with van der Waals surface area (Å²) < 4.78 is 23.6. The Kier molecular flexibility index (Phi) is 7.54. The van der Waals surface area contributed by atoms with Gasteiger partial charge in [0.1, 0.15) is 0 Å². The number of hydrogen-bond acceptors (Lipinski definition) is 4. The summed E-state index contributed by atoms with van der Waals surface area (Å²) >= 11 is 0. The average Bonchev–Trinajstić information content (AvgIpc) is 2.25. The smallest absolute Gasteiger partial charge is 0.225 e. The Hall–Kier alpha value is -1.11. The van der Waals surface area contributed by atoms with Gasteiger partial charge in [0.2, 0.25) is 5.91 Å². The van der Waals surface area contributed by atoms with Crippen LogP contribution in [-0.4, -0.2) is 25.1 Å². The van der Waals surface area contributed by atoms with Crippen molar-refractivity contribution in [3.63, 3.8) is 0 Å². The largest absolute Gasteiger partial charge is 0.327 e. The van der Waals surface area contributed by atoms with E-state index in [-0.39, 0.29) is 36.5 Å². The normalized spacial score (nSPS) is 13.1. The highest BCUT2D eigenvalue weighted by atomic mass is 35.5. The second kappa shape index (κ2) is 7.94. The van der Waals surface area contributed by atoms with Gasteiger partial charge in [-0.2, -0.15) is 0 Å². The number of hydrogen-bond donors (Lipinski definition) is 2. The molecule has 0 bridgehead atoms. The zero-order valence-electron chi connectivity index (χ0n) is 13.4. The van der Waals surface area contributed by atoms with Crippen molar-refractivity contribution in [3.05, 3.63) is 29.8 Å². The minimum Gasteiger partial charge on any atom is -0.327 e. The van der Waals surface area contributed by atoms with Crippen molar-refractivity contribution < 1.29 is 13.2 Å². The molecule has 0 saturated heterocycles. The molecular weight excluding hydrogens is 324 g/mol. The van der Waals surface area contributed by atoms with E-state index in [1.807, 2.05) is 0 Å². The Balaban J connectivity index is 0.00000441. The molecule has 0 aliphatic rings. The topological polar surface area (TPSA) is 89.3 Å². The van der Waals surface area contributed by atoms with Crippen LogP contribution in [0.5, 0.6) is 0 Å². The van der Waals surface area contributed by atoms with E-state index in [1.54, 1.807) is 52.0 Å².